The minimum atomic E-state index is 0.0454. The number of hydrogen-bond donors (Lipinski definition) is 0. The van der Waals surface area contributed by atoms with E-state index in [1.807, 2.05) is 6.08 Å². The van der Waals surface area contributed by atoms with Crippen LogP contribution < -0.4 is 0 Å². The van der Waals surface area contributed by atoms with Gasteiger partial charge in [0.15, 0.2) is 5.78 Å². The van der Waals surface area contributed by atoms with Crippen LogP contribution >= 0.6 is 0 Å². The molecule has 3 nitrogen and oxygen atoms in total. The van der Waals surface area contributed by atoms with Crippen molar-refractivity contribution in [3.8, 4) is 0 Å². The Bertz CT molecular complexity index is 620. The van der Waals surface area contributed by atoms with Crippen LogP contribution in [0.2, 0.25) is 0 Å². The van der Waals surface area contributed by atoms with Gasteiger partial charge in [-0.3, -0.25) is 9.59 Å². The number of esters is 1. The van der Waals surface area contributed by atoms with Crippen LogP contribution in [0.1, 0.15) is 64.7 Å². The fraction of sp³-hybridized carbons (Fsp3) is 0.800. The molecule has 0 aromatic carbocycles. The highest BCUT2D eigenvalue weighted by molar-refractivity contribution is 5.91. The van der Waals surface area contributed by atoms with Gasteiger partial charge in [0.05, 0.1) is 6.42 Å². The lowest BCUT2D eigenvalue weighted by Crippen LogP contribution is -2.51. The number of carbonyl (C=O) groups is 2. The van der Waals surface area contributed by atoms with Crippen molar-refractivity contribution in [1.29, 1.82) is 0 Å². The molecule has 4 fully saturated rings. The standard InChI is InChI=1S/C20H26O3/c1-19-8-6-13(21)10-12(19)2-3-14-15(19)7-9-20-11-18(22)23-17(20)5-4-16(14)20/h10,14-17H,2-9,11H2,1H3/t14?,15?,16?,17-,19-,20+/m0/s1. The molecule has 0 amide bonds. The van der Waals surface area contributed by atoms with Crippen LogP contribution in [0.4, 0.5) is 0 Å². The molecular formula is C20H26O3. The Labute approximate surface area is 137 Å². The van der Waals surface area contributed by atoms with E-state index >= 15 is 0 Å². The topological polar surface area (TPSA) is 43.4 Å². The maximum atomic E-state index is 11.9. The molecule has 0 bridgehead atoms. The summed E-state index contributed by atoms with van der Waals surface area (Å²) in [4.78, 5) is 23.8. The molecule has 0 aromatic rings. The number of hydrogen-bond acceptors (Lipinski definition) is 3. The third kappa shape index (κ3) is 1.71. The van der Waals surface area contributed by atoms with Gasteiger partial charge in [-0.25, -0.2) is 0 Å². The molecule has 6 atom stereocenters. The summed E-state index contributed by atoms with van der Waals surface area (Å²) in [5.74, 6) is 2.50. The third-order valence-corrected chi connectivity index (χ3v) is 8.35. The second kappa shape index (κ2) is 4.49. The summed E-state index contributed by atoms with van der Waals surface area (Å²) in [6.07, 6.45) is 11.6. The first-order valence-electron chi connectivity index (χ1n) is 9.46. The summed E-state index contributed by atoms with van der Waals surface area (Å²) in [6, 6.07) is 0. The molecule has 0 radical (unpaired) electrons. The highest BCUT2D eigenvalue weighted by atomic mass is 16.6. The van der Waals surface area contributed by atoms with E-state index in [1.165, 1.54) is 24.8 Å². The molecule has 1 heterocycles. The van der Waals surface area contributed by atoms with Crippen molar-refractivity contribution in [1.82, 2.24) is 0 Å². The van der Waals surface area contributed by atoms with Gasteiger partial charge in [0.1, 0.15) is 6.10 Å². The number of ether oxygens (including phenoxy) is 1. The van der Waals surface area contributed by atoms with E-state index in [-0.39, 0.29) is 22.9 Å². The van der Waals surface area contributed by atoms with Crippen molar-refractivity contribution in [3.63, 3.8) is 0 Å². The van der Waals surface area contributed by atoms with Crippen LogP contribution in [0.25, 0.3) is 0 Å². The summed E-state index contributed by atoms with van der Waals surface area (Å²) in [6.45, 7) is 2.42. The quantitative estimate of drug-likeness (QED) is 0.639. The van der Waals surface area contributed by atoms with Crippen LogP contribution in [0.5, 0.6) is 0 Å². The van der Waals surface area contributed by atoms with Crippen LogP contribution in [0.15, 0.2) is 11.6 Å². The molecule has 1 spiro atoms. The molecule has 5 aliphatic rings. The Morgan fingerprint density at radius 3 is 2.78 bits per heavy atom. The van der Waals surface area contributed by atoms with Gasteiger partial charge in [-0.15, -0.1) is 0 Å². The number of carbonyl (C=O) groups excluding carboxylic acids is 2. The van der Waals surface area contributed by atoms with E-state index in [9.17, 15) is 9.59 Å². The largest absolute Gasteiger partial charge is 0.462 e. The predicted octanol–water partition coefficient (Wildman–Crippen LogP) is 3.81. The predicted molar refractivity (Wildman–Crippen MR) is 85.5 cm³/mol. The summed E-state index contributed by atoms with van der Waals surface area (Å²) >= 11 is 0. The molecule has 1 saturated heterocycles. The first-order chi connectivity index (χ1) is 11.0. The second-order valence-corrected chi connectivity index (χ2v) is 8.97. The highest BCUT2D eigenvalue weighted by Crippen LogP contribution is 2.67. The number of allylic oxidation sites excluding steroid dienone is 1. The molecule has 1 aliphatic heterocycles. The minimum absolute atomic E-state index is 0.0454. The van der Waals surface area contributed by atoms with Crippen molar-refractivity contribution in [2.45, 2.75) is 70.8 Å². The first kappa shape index (κ1) is 14.2. The Kier molecular flexibility index (Phi) is 2.78. The molecule has 4 aliphatic carbocycles. The van der Waals surface area contributed by atoms with Gasteiger partial charge in [-0.05, 0) is 74.2 Å². The van der Waals surface area contributed by atoms with Gasteiger partial charge in [0, 0.05) is 11.8 Å². The van der Waals surface area contributed by atoms with Gasteiger partial charge < -0.3 is 4.74 Å². The first-order valence-corrected chi connectivity index (χ1v) is 9.46. The van der Waals surface area contributed by atoms with Crippen LogP contribution in [0.3, 0.4) is 0 Å². The van der Waals surface area contributed by atoms with Gasteiger partial charge >= 0.3 is 5.97 Å². The van der Waals surface area contributed by atoms with E-state index in [4.69, 9.17) is 4.74 Å². The van der Waals surface area contributed by atoms with Gasteiger partial charge in [-0.2, -0.15) is 0 Å². The van der Waals surface area contributed by atoms with E-state index in [2.05, 4.69) is 6.92 Å². The maximum Gasteiger partial charge on any atom is 0.306 e. The lowest BCUT2D eigenvalue weighted by Gasteiger charge is -2.57. The highest BCUT2D eigenvalue weighted by Gasteiger charge is 2.64. The zero-order valence-corrected chi connectivity index (χ0v) is 14.0. The van der Waals surface area contributed by atoms with Crippen molar-refractivity contribution in [3.05, 3.63) is 11.6 Å². The van der Waals surface area contributed by atoms with Crippen molar-refractivity contribution >= 4 is 11.8 Å². The summed E-state index contributed by atoms with van der Waals surface area (Å²) in [5, 5.41) is 0. The molecule has 23 heavy (non-hydrogen) atoms. The Balaban J connectivity index is 1.51. The van der Waals surface area contributed by atoms with Gasteiger partial charge in [0.25, 0.3) is 0 Å². The molecule has 0 aromatic heterocycles. The van der Waals surface area contributed by atoms with Gasteiger partial charge in [0.2, 0.25) is 0 Å². The van der Waals surface area contributed by atoms with Crippen molar-refractivity contribution < 1.29 is 14.3 Å². The number of fused-ring (bicyclic) bond motifs is 4. The SMILES string of the molecule is C[C@]12CCC(=O)C=C1CCC1C3CC[C@@H]4OC(=O)C[C@]34CCC12. The zero-order valence-electron chi connectivity index (χ0n) is 14.0. The zero-order chi connectivity index (χ0) is 15.8. The second-order valence-electron chi connectivity index (χ2n) is 8.97. The van der Waals surface area contributed by atoms with Crippen molar-refractivity contribution in [2.24, 2.45) is 28.6 Å². The Morgan fingerprint density at radius 2 is 1.91 bits per heavy atom. The summed E-state index contributed by atoms with van der Waals surface area (Å²) in [7, 11) is 0. The van der Waals surface area contributed by atoms with E-state index in [0.29, 0.717) is 24.0 Å². The van der Waals surface area contributed by atoms with E-state index in [0.717, 1.165) is 38.0 Å². The smallest absolute Gasteiger partial charge is 0.306 e. The molecule has 3 heteroatoms. The van der Waals surface area contributed by atoms with Gasteiger partial charge in [-0.1, -0.05) is 12.5 Å². The lowest BCUT2D eigenvalue weighted by molar-refractivity contribution is -0.141. The monoisotopic (exact) mass is 314 g/mol. The Hall–Kier alpha value is -1.12. The van der Waals surface area contributed by atoms with Crippen LogP contribution in [-0.4, -0.2) is 17.9 Å². The third-order valence-electron chi connectivity index (χ3n) is 8.35. The minimum Gasteiger partial charge on any atom is -0.462 e. The maximum absolute atomic E-state index is 11.9. The molecule has 124 valence electrons. The van der Waals surface area contributed by atoms with Crippen LogP contribution in [-0.2, 0) is 14.3 Å². The average Bonchev–Trinajstić information content (AvgIpc) is 3.00. The van der Waals surface area contributed by atoms with Crippen molar-refractivity contribution in [2.75, 3.05) is 0 Å². The normalized spacial score (nSPS) is 51.3. The van der Waals surface area contributed by atoms with Crippen LogP contribution in [0, 0.1) is 28.6 Å². The molecule has 5 rings (SSSR count). The Morgan fingerprint density at radius 1 is 1.04 bits per heavy atom. The summed E-state index contributed by atoms with van der Waals surface area (Å²) < 4.78 is 5.68. The lowest BCUT2D eigenvalue weighted by atomic mass is 9.47. The molecular weight excluding hydrogens is 288 g/mol. The summed E-state index contributed by atoms with van der Waals surface area (Å²) in [5.41, 5.74) is 1.83. The molecule has 0 N–H and O–H groups in total. The van der Waals surface area contributed by atoms with E-state index < -0.39 is 0 Å². The molecule has 3 saturated carbocycles. The fourth-order valence-corrected chi connectivity index (χ4v) is 7.30. The molecule has 3 unspecified atom stereocenters. The number of rotatable bonds is 0. The fourth-order valence-electron chi connectivity index (χ4n) is 7.30. The van der Waals surface area contributed by atoms with E-state index in [1.54, 1.807) is 0 Å². The number of ketones is 1. The average molecular weight is 314 g/mol.